The summed E-state index contributed by atoms with van der Waals surface area (Å²) < 4.78 is 32.8. The molecule has 0 aromatic heterocycles. The van der Waals surface area contributed by atoms with Gasteiger partial charge in [0.1, 0.15) is 0 Å². The standard InChI is InChI=1S/C24H36N2O5S/c1-16-9-10-21(15-18(16)3)32(29,30)26-13-11-20(12-14-26)24(28)31-19(4)23(27)25-22-8-6-5-7-17(22)2/h9-10,15,17,19-20,22H,5-8,11-14H2,1-4H3,(H,25,27)/t17-,19-,22-/m1/s1. The van der Waals surface area contributed by atoms with Crippen LogP contribution in [0, 0.1) is 25.7 Å². The van der Waals surface area contributed by atoms with Crippen molar-refractivity contribution in [3.05, 3.63) is 29.3 Å². The van der Waals surface area contributed by atoms with Gasteiger partial charge in [0.2, 0.25) is 10.0 Å². The van der Waals surface area contributed by atoms with E-state index in [0.717, 1.165) is 30.4 Å². The lowest BCUT2D eigenvalue weighted by Gasteiger charge is -2.32. The van der Waals surface area contributed by atoms with Crippen molar-refractivity contribution in [1.82, 2.24) is 9.62 Å². The summed E-state index contributed by atoms with van der Waals surface area (Å²) in [5, 5.41) is 3.03. The highest BCUT2D eigenvalue weighted by Crippen LogP contribution is 2.27. The van der Waals surface area contributed by atoms with Gasteiger partial charge in [-0.2, -0.15) is 4.31 Å². The van der Waals surface area contributed by atoms with Crippen LogP contribution in [0.25, 0.3) is 0 Å². The number of ether oxygens (including phenoxy) is 1. The van der Waals surface area contributed by atoms with Crippen molar-refractivity contribution in [2.24, 2.45) is 11.8 Å². The van der Waals surface area contributed by atoms with Gasteiger partial charge in [-0.3, -0.25) is 9.59 Å². The lowest BCUT2D eigenvalue weighted by molar-refractivity contribution is -0.160. The highest BCUT2D eigenvalue weighted by atomic mass is 32.2. The van der Waals surface area contributed by atoms with E-state index in [1.54, 1.807) is 19.1 Å². The van der Waals surface area contributed by atoms with Crippen LogP contribution in [-0.2, 0) is 24.3 Å². The maximum atomic E-state index is 13.0. The third kappa shape index (κ3) is 5.70. The average Bonchev–Trinajstić information content (AvgIpc) is 2.77. The maximum absolute atomic E-state index is 13.0. The molecule has 7 nitrogen and oxygen atoms in total. The minimum Gasteiger partial charge on any atom is -0.452 e. The molecule has 1 N–H and O–H groups in total. The molecule has 2 fully saturated rings. The molecule has 3 atom stereocenters. The van der Waals surface area contributed by atoms with Crippen LogP contribution in [0.1, 0.15) is 63.5 Å². The van der Waals surface area contributed by atoms with E-state index in [4.69, 9.17) is 4.74 Å². The molecular formula is C24H36N2O5S. The van der Waals surface area contributed by atoms with Gasteiger partial charge in [-0.05, 0) is 75.6 Å². The quantitative estimate of drug-likeness (QED) is 0.652. The fraction of sp³-hybridized carbons (Fsp3) is 0.667. The van der Waals surface area contributed by atoms with E-state index in [-0.39, 0.29) is 29.9 Å². The van der Waals surface area contributed by atoms with Crippen LogP contribution in [-0.4, -0.2) is 49.8 Å². The second kappa shape index (κ2) is 10.3. The van der Waals surface area contributed by atoms with Crippen LogP contribution in [0.3, 0.4) is 0 Å². The lowest BCUT2D eigenvalue weighted by atomic mass is 9.86. The zero-order valence-electron chi connectivity index (χ0n) is 19.6. The number of sulfonamides is 1. The molecule has 0 radical (unpaired) electrons. The first kappa shape index (κ1) is 24.7. The summed E-state index contributed by atoms with van der Waals surface area (Å²) >= 11 is 0. The summed E-state index contributed by atoms with van der Waals surface area (Å²) in [5.74, 6) is -0.649. The average molecular weight is 465 g/mol. The van der Waals surface area contributed by atoms with Crippen molar-refractivity contribution >= 4 is 21.9 Å². The Morgan fingerprint density at radius 1 is 1.06 bits per heavy atom. The molecular weight excluding hydrogens is 428 g/mol. The van der Waals surface area contributed by atoms with Crippen LogP contribution in [0.2, 0.25) is 0 Å². The number of nitrogens with zero attached hydrogens (tertiary/aromatic N) is 1. The van der Waals surface area contributed by atoms with Gasteiger partial charge < -0.3 is 10.1 Å². The number of aryl methyl sites for hydroxylation is 2. The predicted octanol–water partition coefficient (Wildman–Crippen LogP) is 3.33. The normalized spacial score (nSPS) is 24.0. The Bertz CT molecular complexity index is 938. The van der Waals surface area contributed by atoms with Gasteiger partial charge in [0.05, 0.1) is 10.8 Å². The Morgan fingerprint density at radius 2 is 1.72 bits per heavy atom. The number of nitrogens with one attached hydrogen (secondary N) is 1. The van der Waals surface area contributed by atoms with Gasteiger partial charge >= 0.3 is 5.97 Å². The summed E-state index contributed by atoms with van der Waals surface area (Å²) in [4.78, 5) is 25.4. The SMILES string of the molecule is Cc1ccc(S(=O)(=O)N2CCC(C(=O)O[C@H](C)C(=O)N[C@@H]3CCCC[C@H]3C)CC2)cc1C. The molecule has 32 heavy (non-hydrogen) atoms. The number of hydrogen-bond acceptors (Lipinski definition) is 5. The number of carbonyl (C=O) groups excluding carboxylic acids is 2. The molecule has 1 saturated heterocycles. The number of carbonyl (C=O) groups is 2. The number of hydrogen-bond donors (Lipinski definition) is 1. The van der Waals surface area contributed by atoms with Gasteiger partial charge in [0.15, 0.2) is 6.10 Å². The third-order valence-electron chi connectivity index (χ3n) is 7.00. The molecule has 0 spiro atoms. The first-order valence-electron chi connectivity index (χ1n) is 11.7. The second-order valence-corrected chi connectivity index (χ2v) is 11.3. The first-order chi connectivity index (χ1) is 15.1. The van der Waals surface area contributed by atoms with E-state index in [2.05, 4.69) is 12.2 Å². The largest absolute Gasteiger partial charge is 0.452 e. The van der Waals surface area contributed by atoms with Crippen molar-refractivity contribution in [2.75, 3.05) is 13.1 Å². The molecule has 0 unspecified atom stereocenters. The Kier molecular flexibility index (Phi) is 7.98. The van der Waals surface area contributed by atoms with Gasteiger partial charge in [0.25, 0.3) is 5.91 Å². The van der Waals surface area contributed by atoms with Crippen molar-refractivity contribution < 1.29 is 22.7 Å². The van der Waals surface area contributed by atoms with Gasteiger partial charge in [0, 0.05) is 19.1 Å². The van der Waals surface area contributed by atoms with Crippen LogP contribution < -0.4 is 5.32 Å². The summed E-state index contributed by atoms with van der Waals surface area (Å²) in [6.07, 6.45) is 4.27. The number of benzene rings is 1. The molecule has 1 aliphatic heterocycles. The van der Waals surface area contributed by atoms with Crippen LogP contribution >= 0.6 is 0 Å². The Labute approximate surface area is 191 Å². The van der Waals surface area contributed by atoms with Crippen LogP contribution in [0.15, 0.2) is 23.1 Å². The zero-order chi connectivity index (χ0) is 23.5. The third-order valence-corrected chi connectivity index (χ3v) is 8.90. The molecule has 8 heteroatoms. The van der Waals surface area contributed by atoms with Gasteiger partial charge in [-0.25, -0.2) is 8.42 Å². The highest BCUT2D eigenvalue weighted by molar-refractivity contribution is 7.89. The fourth-order valence-electron chi connectivity index (χ4n) is 4.51. The molecule has 1 saturated carbocycles. The van der Waals surface area contributed by atoms with E-state index < -0.39 is 28.0 Å². The van der Waals surface area contributed by atoms with Crippen LogP contribution in [0.5, 0.6) is 0 Å². The summed E-state index contributed by atoms with van der Waals surface area (Å²) in [6, 6.07) is 5.27. The molecule has 1 aromatic carbocycles. The zero-order valence-corrected chi connectivity index (χ0v) is 20.4. The van der Waals surface area contributed by atoms with Gasteiger partial charge in [-0.15, -0.1) is 0 Å². The Balaban J connectivity index is 1.51. The van der Waals surface area contributed by atoms with E-state index in [9.17, 15) is 18.0 Å². The van der Waals surface area contributed by atoms with E-state index in [1.165, 1.54) is 10.7 Å². The fourth-order valence-corrected chi connectivity index (χ4v) is 6.07. The topological polar surface area (TPSA) is 92.8 Å². The summed E-state index contributed by atoms with van der Waals surface area (Å²) in [5.41, 5.74) is 1.97. The Morgan fingerprint density at radius 3 is 2.34 bits per heavy atom. The number of piperidine rings is 1. The minimum absolute atomic E-state index is 0.135. The molecule has 1 amide bonds. The Hall–Kier alpha value is -1.93. The van der Waals surface area contributed by atoms with Crippen molar-refractivity contribution in [2.45, 2.75) is 83.3 Å². The van der Waals surface area contributed by atoms with Crippen molar-refractivity contribution in [3.63, 3.8) is 0 Å². The smallest absolute Gasteiger partial charge is 0.309 e. The number of esters is 1. The predicted molar refractivity (Wildman–Crippen MR) is 123 cm³/mol. The minimum atomic E-state index is -3.59. The van der Waals surface area contributed by atoms with Crippen molar-refractivity contribution in [1.29, 1.82) is 0 Å². The summed E-state index contributed by atoms with van der Waals surface area (Å²) in [6.45, 7) is 8.09. The van der Waals surface area contributed by atoms with Crippen molar-refractivity contribution in [3.8, 4) is 0 Å². The first-order valence-corrected chi connectivity index (χ1v) is 13.1. The molecule has 178 valence electrons. The molecule has 1 aliphatic carbocycles. The molecule has 3 rings (SSSR count). The monoisotopic (exact) mass is 464 g/mol. The second-order valence-electron chi connectivity index (χ2n) is 9.38. The van der Waals surface area contributed by atoms with E-state index >= 15 is 0 Å². The number of amides is 1. The summed E-state index contributed by atoms with van der Waals surface area (Å²) in [7, 11) is -3.59. The molecule has 1 heterocycles. The van der Waals surface area contributed by atoms with E-state index in [0.29, 0.717) is 18.8 Å². The van der Waals surface area contributed by atoms with E-state index in [1.807, 2.05) is 19.9 Å². The molecule has 1 aromatic rings. The maximum Gasteiger partial charge on any atom is 0.309 e. The molecule has 2 aliphatic rings. The highest BCUT2D eigenvalue weighted by Gasteiger charge is 2.34. The molecule has 0 bridgehead atoms. The lowest BCUT2D eigenvalue weighted by Crippen LogP contribution is -2.47. The van der Waals surface area contributed by atoms with Crippen LogP contribution in [0.4, 0.5) is 0 Å². The number of rotatable bonds is 6. The van der Waals surface area contributed by atoms with Gasteiger partial charge in [-0.1, -0.05) is 25.8 Å².